The van der Waals surface area contributed by atoms with Gasteiger partial charge in [0.2, 0.25) is 0 Å². The van der Waals surface area contributed by atoms with Gasteiger partial charge in [0.15, 0.2) is 0 Å². The van der Waals surface area contributed by atoms with Crippen LogP contribution in [0, 0.1) is 0 Å². The fourth-order valence-corrected chi connectivity index (χ4v) is 2.43. The minimum absolute atomic E-state index is 0.788. The van der Waals surface area contributed by atoms with Gasteiger partial charge in [0.1, 0.15) is 0 Å². The van der Waals surface area contributed by atoms with Gasteiger partial charge in [-0.2, -0.15) is 0 Å². The highest BCUT2D eigenvalue weighted by atomic mass is 35.5. The Labute approximate surface area is 127 Å². The first-order valence-electron chi connectivity index (χ1n) is 7.35. The molecule has 2 rings (SSSR count). The van der Waals surface area contributed by atoms with Crippen molar-refractivity contribution in [1.82, 2.24) is 0 Å². The summed E-state index contributed by atoms with van der Waals surface area (Å²) in [5.41, 5.74) is 3.78. The smallest absolute Gasteiger partial charge is 0.0409 e. The Morgan fingerprint density at radius 2 is 1.75 bits per heavy atom. The monoisotopic (exact) mass is 287 g/mol. The molecule has 0 bridgehead atoms. The van der Waals surface area contributed by atoms with E-state index < -0.39 is 0 Å². The van der Waals surface area contributed by atoms with E-state index in [-0.39, 0.29) is 0 Å². The number of anilines is 1. The fraction of sp³-hybridized carbons (Fsp3) is 0.333. The molecule has 0 spiro atoms. The molecule has 0 fully saturated rings. The van der Waals surface area contributed by atoms with Crippen LogP contribution in [0.5, 0.6) is 0 Å². The SMILES string of the molecule is CCCCCc1ccc(NCc2cccc(Cl)c2)cc1. The molecule has 106 valence electrons. The van der Waals surface area contributed by atoms with Crippen LogP contribution in [0.1, 0.15) is 37.3 Å². The molecule has 0 radical (unpaired) electrons. The molecule has 0 unspecified atom stereocenters. The van der Waals surface area contributed by atoms with E-state index in [1.54, 1.807) is 0 Å². The van der Waals surface area contributed by atoms with Gasteiger partial charge in [-0.05, 0) is 48.2 Å². The maximum Gasteiger partial charge on any atom is 0.0409 e. The Hall–Kier alpha value is -1.47. The lowest BCUT2D eigenvalue weighted by Crippen LogP contribution is -1.99. The van der Waals surface area contributed by atoms with Crippen molar-refractivity contribution in [2.45, 2.75) is 39.2 Å². The molecule has 2 heteroatoms. The molecule has 1 nitrogen and oxygen atoms in total. The number of halogens is 1. The molecule has 0 aliphatic carbocycles. The lowest BCUT2D eigenvalue weighted by atomic mass is 10.1. The van der Waals surface area contributed by atoms with Crippen LogP contribution in [0.25, 0.3) is 0 Å². The van der Waals surface area contributed by atoms with E-state index in [1.807, 2.05) is 18.2 Å². The molecule has 20 heavy (non-hydrogen) atoms. The van der Waals surface area contributed by atoms with Crippen molar-refractivity contribution in [2.24, 2.45) is 0 Å². The predicted octanol–water partition coefficient (Wildman–Crippen LogP) is 5.68. The Morgan fingerprint density at radius 3 is 2.45 bits per heavy atom. The first kappa shape index (κ1) is 14.9. The minimum Gasteiger partial charge on any atom is -0.381 e. The van der Waals surface area contributed by atoms with E-state index >= 15 is 0 Å². The standard InChI is InChI=1S/C18H22ClN/c1-2-3-4-6-15-9-11-18(12-10-15)20-14-16-7-5-8-17(19)13-16/h5,7-13,20H,2-4,6,14H2,1H3. The first-order valence-corrected chi connectivity index (χ1v) is 7.73. The number of aryl methyl sites for hydroxylation is 1. The van der Waals surface area contributed by atoms with Crippen molar-refractivity contribution < 1.29 is 0 Å². The summed E-state index contributed by atoms with van der Waals surface area (Å²) >= 11 is 5.98. The molecule has 0 saturated heterocycles. The lowest BCUT2D eigenvalue weighted by molar-refractivity contribution is 0.717. The molecule has 0 aromatic heterocycles. The van der Waals surface area contributed by atoms with Gasteiger partial charge < -0.3 is 5.32 Å². The van der Waals surface area contributed by atoms with Crippen molar-refractivity contribution in [3.05, 3.63) is 64.7 Å². The van der Waals surface area contributed by atoms with Gasteiger partial charge in [0.25, 0.3) is 0 Å². The summed E-state index contributed by atoms with van der Waals surface area (Å²) in [6.45, 7) is 3.04. The predicted molar refractivity (Wildman–Crippen MR) is 88.4 cm³/mol. The van der Waals surface area contributed by atoms with E-state index in [0.717, 1.165) is 17.3 Å². The number of unbranched alkanes of at least 4 members (excludes halogenated alkanes) is 2. The van der Waals surface area contributed by atoms with Crippen molar-refractivity contribution in [3.63, 3.8) is 0 Å². The topological polar surface area (TPSA) is 12.0 Å². The first-order chi connectivity index (χ1) is 9.78. The van der Waals surface area contributed by atoms with E-state index in [0.29, 0.717) is 0 Å². The van der Waals surface area contributed by atoms with Crippen molar-refractivity contribution in [3.8, 4) is 0 Å². The van der Waals surface area contributed by atoms with Gasteiger partial charge in [-0.3, -0.25) is 0 Å². The number of hydrogen-bond acceptors (Lipinski definition) is 1. The molecule has 1 N–H and O–H groups in total. The zero-order chi connectivity index (χ0) is 14.2. The fourth-order valence-electron chi connectivity index (χ4n) is 2.22. The third-order valence-corrected chi connectivity index (χ3v) is 3.64. The minimum atomic E-state index is 0.788. The second-order valence-electron chi connectivity index (χ2n) is 5.14. The van der Waals surface area contributed by atoms with Crippen LogP contribution in [0.4, 0.5) is 5.69 Å². The summed E-state index contributed by atoms with van der Waals surface area (Å²) in [5, 5.41) is 4.21. The zero-order valence-corrected chi connectivity index (χ0v) is 12.8. The van der Waals surface area contributed by atoms with Gasteiger partial charge in [0, 0.05) is 17.3 Å². The van der Waals surface area contributed by atoms with E-state index in [9.17, 15) is 0 Å². The van der Waals surface area contributed by atoms with Crippen LogP contribution in [0.3, 0.4) is 0 Å². The van der Waals surface area contributed by atoms with Gasteiger partial charge in [-0.25, -0.2) is 0 Å². The summed E-state index contributed by atoms with van der Waals surface area (Å²) < 4.78 is 0. The summed E-state index contributed by atoms with van der Waals surface area (Å²) in [7, 11) is 0. The highest BCUT2D eigenvalue weighted by Gasteiger charge is 1.97. The van der Waals surface area contributed by atoms with Crippen molar-refractivity contribution >= 4 is 17.3 Å². The average molecular weight is 288 g/mol. The van der Waals surface area contributed by atoms with Gasteiger partial charge >= 0.3 is 0 Å². The Bertz CT molecular complexity index is 519. The zero-order valence-electron chi connectivity index (χ0n) is 12.0. The summed E-state index contributed by atoms with van der Waals surface area (Å²) in [6.07, 6.45) is 5.06. The highest BCUT2D eigenvalue weighted by Crippen LogP contribution is 2.15. The van der Waals surface area contributed by atoms with Crippen molar-refractivity contribution in [2.75, 3.05) is 5.32 Å². The third kappa shape index (κ3) is 4.90. The second-order valence-corrected chi connectivity index (χ2v) is 5.57. The lowest BCUT2D eigenvalue weighted by Gasteiger charge is -2.08. The molecule has 0 amide bonds. The molecular formula is C18H22ClN. The molecule has 0 aliphatic heterocycles. The number of benzene rings is 2. The van der Waals surface area contributed by atoms with E-state index in [2.05, 4.69) is 42.6 Å². The van der Waals surface area contributed by atoms with Crippen LogP contribution in [0.15, 0.2) is 48.5 Å². The Balaban J connectivity index is 1.84. The molecule has 2 aromatic rings. The quantitative estimate of drug-likeness (QED) is 0.646. The summed E-state index contributed by atoms with van der Waals surface area (Å²) in [6, 6.07) is 16.7. The Kier molecular flexibility index (Phi) is 5.94. The number of rotatable bonds is 7. The summed E-state index contributed by atoms with van der Waals surface area (Å²) in [5.74, 6) is 0. The van der Waals surface area contributed by atoms with Crippen LogP contribution in [0.2, 0.25) is 5.02 Å². The van der Waals surface area contributed by atoms with E-state index in [1.165, 1.54) is 36.8 Å². The number of nitrogens with one attached hydrogen (secondary N) is 1. The van der Waals surface area contributed by atoms with Crippen LogP contribution >= 0.6 is 11.6 Å². The van der Waals surface area contributed by atoms with Crippen LogP contribution < -0.4 is 5.32 Å². The molecule has 0 saturated carbocycles. The van der Waals surface area contributed by atoms with Crippen LogP contribution in [-0.4, -0.2) is 0 Å². The van der Waals surface area contributed by atoms with E-state index in [4.69, 9.17) is 11.6 Å². The average Bonchev–Trinajstić information content (AvgIpc) is 2.47. The molecular weight excluding hydrogens is 266 g/mol. The second kappa shape index (κ2) is 7.96. The molecule has 0 aliphatic rings. The van der Waals surface area contributed by atoms with Crippen molar-refractivity contribution in [1.29, 1.82) is 0 Å². The normalized spacial score (nSPS) is 10.5. The third-order valence-electron chi connectivity index (χ3n) is 3.41. The van der Waals surface area contributed by atoms with Crippen LogP contribution in [-0.2, 0) is 13.0 Å². The van der Waals surface area contributed by atoms with Gasteiger partial charge in [-0.15, -0.1) is 0 Å². The maximum atomic E-state index is 5.98. The van der Waals surface area contributed by atoms with Gasteiger partial charge in [0.05, 0.1) is 0 Å². The molecule has 0 heterocycles. The Morgan fingerprint density at radius 1 is 0.950 bits per heavy atom. The summed E-state index contributed by atoms with van der Waals surface area (Å²) in [4.78, 5) is 0. The van der Waals surface area contributed by atoms with Gasteiger partial charge in [-0.1, -0.05) is 55.6 Å². The molecule has 2 aromatic carbocycles. The highest BCUT2D eigenvalue weighted by molar-refractivity contribution is 6.30. The number of hydrogen-bond donors (Lipinski definition) is 1. The maximum absolute atomic E-state index is 5.98. The molecule has 0 atom stereocenters. The largest absolute Gasteiger partial charge is 0.381 e.